The molecule has 1 unspecified atom stereocenters. The number of hydrogen-bond acceptors (Lipinski definition) is 4. The summed E-state index contributed by atoms with van der Waals surface area (Å²) >= 11 is 0. The molecule has 1 N–H and O–H groups in total. The number of halogens is 3. The van der Waals surface area contributed by atoms with Gasteiger partial charge >= 0.3 is 6.18 Å². The van der Waals surface area contributed by atoms with Gasteiger partial charge in [0.2, 0.25) is 5.95 Å². The predicted octanol–water partition coefficient (Wildman–Crippen LogP) is 2.46. The molecule has 0 radical (unpaired) electrons. The van der Waals surface area contributed by atoms with Crippen LogP contribution in [0.25, 0.3) is 0 Å². The Kier molecular flexibility index (Phi) is 4.80. The van der Waals surface area contributed by atoms with Crippen LogP contribution in [0.15, 0.2) is 12.3 Å². The Morgan fingerprint density at radius 1 is 1.40 bits per heavy atom. The van der Waals surface area contributed by atoms with E-state index in [1.165, 1.54) is 6.20 Å². The predicted molar refractivity (Wildman–Crippen MR) is 70.6 cm³/mol. The molecule has 1 fully saturated rings. The van der Waals surface area contributed by atoms with Gasteiger partial charge in [-0.1, -0.05) is 6.92 Å². The summed E-state index contributed by atoms with van der Waals surface area (Å²) in [4.78, 5) is 9.60. The third-order valence-electron chi connectivity index (χ3n) is 3.45. The number of alkyl halides is 3. The number of likely N-dealkylation sites (N-methyl/N-ethyl adjacent to an activating group) is 1. The number of hydrogen-bond donors (Lipinski definition) is 1. The fourth-order valence-corrected chi connectivity index (χ4v) is 2.43. The SMILES string of the molecule is CCNCC1CCCCN1c1nccc(C(F)(F)F)n1. The third kappa shape index (κ3) is 3.59. The fourth-order valence-electron chi connectivity index (χ4n) is 2.43. The van der Waals surface area contributed by atoms with Crippen molar-refractivity contribution < 1.29 is 13.2 Å². The molecule has 1 aliphatic heterocycles. The van der Waals surface area contributed by atoms with Gasteiger partial charge in [-0.25, -0.2) is 9.97 Å². The summed E-state index contributed by atoms with van der Waals surface area (Å²) in [5, 5.41) is 3.24. The average molecular weight is 288 g/mol. The van der Waals surface area contributed by atoms with Gasteiger partial charge in [0, 0.05) is 25.3 Å². The van der Waals surface area contributed by atoms with Crippen molar-refractivity contribution >= 4 is 5.95 Å². The zero-order valence-electron chi connectivity index (χ0n) is 11.5. The lowest BCUT2D eigenvalue weighted by Crippen LogP contribution is -2.46. The number of aromatic nitrogens is 2. The van der Waals surface area contributed by atoms with Crippen LogP contribution >= 0.6 is 0 Å². The van der Waals surface area contributed by atoms with Crippen LogP contribution in [0, 0.1) is 0 Å². The largest absolute Gasteiger partial charge is 0.433 e. The molecule has 7 heteroatoms. The van der Waals surface area contributed by atoms with Gasteiger partial charge in [0.25, 0.3) is 0 Å². The van der Waals surface area contributed by atoms with Crippen molar-refractivity contribution in [1.29, 1.82) is 0 Å². The number of rotatable bonds is 4. The number of nitrogens with one attached hydrogen (secondary N) is 1. The molecule has 2 heterocycles. The van der Waals surface area contributed by atoms with E-state index >= 15 is 0 Å². The molecule has 0 aromatic carbocycles. The van der Waals surface area contributed by atoms with E-state index in [0.29, 0.717) is 6.54 Å². The zero-order chi connectivity index (χ0) is 14.6. The van der Waals surface area contributed by atoms with Gasteiger partial charge in [-0.15, -0.1) is 0 Å². The molecular weight excluding hydrogens is 269 g/mol. The molecule has 0 bridgehead atoms. The fraction of sp³-hybridized carbons (Fsp3) is 0.692. The monoisotopic (exact) mass is 288 g/mol. The summed E-state index contributed by atoms with van der Waals surface area (Å²) in [5.74, 6) is 0.183. The van der Waals surface area contributed by atoms with E-state index < -0.39 is 11.9 Å². The van der Waals surface area contributed by atoms with Crippen molar-refractivity contribution in [2.24, 2.45) is 0 Å². The quantitative estimate of drug-likeness (QED) is 0.924. The second kappa shape index (κ2) is 6.39. The van der Waals surface area contributed by atoms with E-state index in [1.807, 2.05) is 11.8 Å². The van der Waals surface area contributed by atoms with Crippen molar-refractivity contribution in [3.63, 3.8) is 0 Å². The average Bonchev–Trinajstić information content (AvgIpc) is 2.45. The van der Waals surface area contributed by atoms with Crippen molar-refractivity contribution in [3.8, 4) is 0 Å². The lowest BCUT2D eigenvalue weighted by Gasteiger charge is -2.36. The summed E-state index contributed by atoms with van der Waals surface area (Å²) < 4.78 is 38.1. The normalized spacial score (nSPS) is 20.2. The molecule has 1 aliphatic rings. The van der Waals surface area contributed by atoms with Crippen LogP contribution < -0.4 is 10.2 Å². The van der Waals surface area contributed by atoms with E-state index in [-0.39, 0.29) is 12.0 Å². The summed E-state index contributed by atoms with van der Waals surface area (Å²) in [7, 11) is 0. The molecule has 1 atom stereocenters. The highest BCUT2D eigenvalue weighted by Crippen LogP contribution is 2.29. The molecule has 1 aromatic rings. The maximum Gasteiger partial charge on any atom is 0.433 e. The van der Waals surface area contributed by atoms with Crippen molar-refractivity contribution in [3.05, 3.63) is 18.0 Å². The van der Waals surface area contributed by atoms with E-state index in [4.69, 9.17) is 0 Å². The molecular formula is C13H19F3N4. The first-order chi connectivity index (χ1) is 9.52. The van der Waals surface area contributed by atoms with Crippen LogP contribution in [0.4, 0.5) is 19.1 Å². The first-order valence-corrected chi connectivity index (χ1v) is 6.90. The van der Waals surface area contributed by atoms with Gasteiger partial charge in [0.15, 0.2) is 0 Å². The summed E-state index contributed by atoms with van der Waals surface area (Å²) in [6, 6.07) is 1.07. The lowest BCUT2D eigenvalue weighted by molar-refractivity contribution is -0.141. The Labute approximate surface area is 116 Å². The molecule has 4 nitrogen and oxygen atoms in total. The second-order valence-corrected chi connectivity index (χ2v) is 4.89. The van der Waals surface area contributed by atoms with Crippen molar-refractivity contribution in [1.82, 2.24) is 15.3 Å². The second-order valence-electron chi connectivity index (χ2n) is 4.89. The minimum atomic E-state index is -4.43. The highest BCUT2D eigenvalue weighted by Gasteiger charge is 2.34. The van der Waals surface area contributed by atoms with E-state index in [2.05, 4.69) is 15.3 Å². The van der Waals surface area contributed by atoms with Gasteiger partial charge in [-0.3, -0.25) is 0 Å². The molecule has 112 valence electrons. The molecule has 20 heavy (non-hydrogen) atoms. The standard InChI is InChI=1S/C13H19F3N4/c1-2-17-9-10-5-3-4-8-20(10)12-18-7-6-11(19-12)13(14,15)16/h6-7,10,17H,2-5,8-9H2,1H3. The van der Waals surface area contributed by atoms with Crippen LogP contribution in [0.3, 0.4) is 0 Å². The Bertz CT molecular complexity index is 436. The molecule has 0 aliphatic carbocycles. The topological polar surface area (TPSA) is 41.0 Å². The molecule has 1 aromatic heterocycles. The molecule has 0 spiro atoms. The molecule has 1 saturated heterocycles. The van der Waals surface area contributed by atoms with Crippen LogP contribution in [-0.2, 0) is 6.18 Å². The van der Waals surface area contributed by atoms with E-state index in [0.717, 1.165) is 38.4 Å². The van der Waals surface area contributed by atoms with E-state index in [9.17, 15) is 13.2 Å². The minimum absolute atomic E-state index is 0.159. The number of nitrogens with zero attached hydrogens (tertiary/aromatic N) is 3. The van der Waals surface area contributed by atoms with Crippen LogP contribution in [-0.4, -0.2) is 35.6 Å². The van der Waals surface area contributed by atoms with Gasteiger partial charge in [0.1, 0.15) is 5.69 Å². The van der Waals surface area contributed by atoms with Crippen molar-refractivity contribution in [2.45, 2.75) is 38.4 Å². The Balaban J connectivity index is 2.19. The van der Waals surface area contributed by atoms with Gasteiger partial charge in [-0.2, -0.15) is 13.2 Å². The Hall–Kier alpha value is -1.37. The summed E-state index contributed by atoms with van der Waals surface area (Å²) in [5.41, 5.74) is -0.879. The molecule has 2 rings (SSSR count). The maximum absolute atomic E-state index is 12.7. The highest BCUT2D eigenvalue weighted by atomic mass is 19.4. The molecule has 0 saturated carbocycles. The maximum atomic E-state index is 12.7. The Morgan fingerprint density at radius 2 is 2.20 bits per heavy atom. The third-order valence-corrected chi connectivity index (χ3v) is 3.45. The van der Waals surface area contributed by atoms with Gasteiger partial charge in [-0.05, 0) is 31.9 Å². The summed E-state index contributed by atoms with van der Waals surface area (Å²) in [6.45, 7) is 4.30. The summed E-state index contributed by atoms with van der Waals surface area (Å²) in [6.07, 6.45) is -0.241. The zero-order valence-corrected chi connectivity index (χ0v) is 11.5. The number of piperidine rings is 1. The molecule has 0 amide bonds. The lowest BCUT2D eigenvalue weighted by atomic mass is 10.0. The Morgan fingerprint density at radius 3 is 2.90 bits per heavy atom. The number of anilines is 1. The van der Waals surface area contributed by atoms with Gasteiger partial charge < -0.3 is 10.2 Å². The van der Waals surface area contributed by atoms with Crippen LogP contribution in [0.1, 0.15) is 31.9 Å². The highest BCUT2D eigenvalue weighted by molar-refractivity contribution is 5.33. The van der Waals surface area contributed by atoms with E-state index in [1.54, 1.807) is 0 Å². The first kappa shape index (κ1) is 15.0. The van der Waals surface area contributed by atoms with Crippen LogP contribution in [0.5, 0.6) is 0 Å². The van der Waals surface area contributed by atoms with Crippen LogP contribution in [0.2, 0.25) is 0 Å². The smallest absolute Gasteiger partial charge is 0.337 e. The minimum Gasteiger partial charge on any atom is -0.337 e. The first-order valence-electron chi connectivity index (χ1n) is 6.90. The van der Waals surface area contributed by atoms with Crippen molar-refractivity contribution in [2.75, 3.05) is 24.5 Å². The van der Waals surface area contributed by atoms with Gasteiger partial charge in [0.05, 0.1) is 0 Å².